The third kappa shape index (κ3) is 3.51. The number of rotatable bonds is 4. The highest BCUT2D eigenvalue weighted by atomic mass is 32.1. The molecular formula is C13H22N4OS. The Labute approximate surface area is 118 Å². The SMILES string of the molecule is CC(C)c1nnsc1C(=O)NCC1(C)CCNCC1. The molecule has 1 saturated heterocycles. The minimum atomic E-state index is -0.0292. The highest BCUT2D eigenvalue weighted by Crippen LogP contribution is 2.27. The first-order chi connectivity index (χ1) is 9.02. The van der Waals surface area contributed by atoms with Gasteiger partial charge in [0, 0.05) is 6.54 Å². The molecule has 0 atom stereocenters. The fraction of sp³-hybridized carbons (Fsp3) is 0.769. The number of amides is 1. The van der Waals surface area contributed by atoms with E-state index < -0.39 is 0 Å². The standard InChI is InChI=1S/C13H22N4OS/c1-9(2)10-11(19-17-16-10)12(18)15-8-13(3)4-6-14-7-5-13/h9,14H,4-8H2,1-3H3,(H,15,18). The van der Waals surface area contributed by atoms with Crippen molar-refractivity contribution in [2.75, 3.05) is 19.6 Å². The monoisotopic (exact) mass is 282 g/mol. The lowest BCUT2D eigenvalue weighted by Crippen LogP contribution is -2.42. The maximum absolute atomic E-state index is 12.2. The first-order valence-corrected chi connectivity index (χ1v) is 7.60. The number of piperidine rings is 1. The molecule has 1 aliphatic rings. The molecular weight excluding hydrogens is 260 g/mol. The molecule has 2 N–H and O–H groups in total. The van der Waals surface area contributed by atoms with Crippen LogP contribution in [0.4, 0.5) is 0 Å². The summed E-state index contributed by atoms with van der Waals surface area (Å²) in [6.07, 6.45) is 2.20. The summed E-state index contributed by atoms with van der Waals surface area (Å²) in [6, 6.07) is 0. The molecule has 106 valence electrons. The molecule has 0 radical (unpaired) electrons. The van der Waals surface area contributed by atoms with Crippen LogP contribution < -0.4 is 10.6 Å². The largest absolute Gasteiger partial charge is 0.351 e. The lowest BCUT2D eigenvalue weighted by Gasteiger charge is -2.34. The number of carbonyl (C=O) groups is 1. The van der Waals surface area contributed by atoms with Gasteiger partial charge in [-0.15, -0.1) is 5.10 Å². The number of carbonyl (C=O) groups excluding carboxylic acids is 1. The van der Waals surface area contributed by atoms with Crippen LogP contribution in [0.1, 0.15) is 54.9 Å². The quantitative estimate of drug-likeness (QED) is 0.883. The second-order valence-corrected chi connectivity index (χ2v) is 6.64. The highest BCUT2D eigenvalue weighted by molar-refractivity contribution is 7.08. The molecule has 0 aromatic carbocycles. The van der Waals surface area contributed by atoms with Crippen LogP contribution in [0.2, 0.25) is 0 Å². The Kier molecular flexibility index (Phi) is 4.52. The highest BCUT2D eigenvalue weighted by Gasteiger charge is 2.28. The van der Waals surface area contributed by atoms with E-state index in [1.165, 1.54) is 11.5 Å². The fourth-order valence-electron chi connectivity index (χ4n) is 2.31. The molecule has 0 aliphatic carbocycles. The van der Waals surface area contributed by atoms with Gasteiger partial charge < -0.3 is 10.6 Å². The Morgan fingerprint density at radius 1 is 1.47 bits per heavy atom. The van der Waals surface area contributed by atoms with E-state index in [0.29, 0.717) is 4.88 Å². The van der Waals surface area contributed by atoms with Crippen molar-refractivity contribution in [3.63, 3.8) is 0 Å². The van der Waals surface area contributed by atoms with E-state index in [2.05, 4.69) is 27.1 Å². The van der Waals surface area contributed by atoms with Gasteiger partial charge in [-0.2, -0.15) is 0 Å². The van der Waals surface area contributed by atoms with Gasteiger partial charge in [-0.1, -0.05) is 25.3 Å². The Balaban J connectivity index is 1.95. The van der Waals surface area contributed by atoms with E-state index in [0.717, 1.165) is 38.2 Å². The van der Waals surface area contributed by atoms with Gasteiger partial charge in [-0.05, 0) is 48.8 Å². The summed E-state index contributed by atoms with van der Waals surface area (Å²) in [5.41, 5.74) is 1.01. The normalized spacial score (nSPS) is 18.5. The Bertz CT molecular complexity index is 438. The molecule has 0 saturated carbocycles. The van der Waals surface area contributed by atoms with Gasteiger partial charge in [0.15, 0.2) is 0 Å². The molecule has 2 rings (SSSR count). The predicted octanol–water partition coefficient (Wildman–Crippen LogP) is 1.78. The Hall–Kier alpha value is -1.01. The topological polar surface area (TPSA) is 66.9 Å². The van der Waals surface area contributed by atoms with Crippen molar-refractivity contribution < 1.29 is 4.79 Å². The van der Waals surface area contributed by atoms with Gasteiger partial charge in [0.05, 0.1) is 5.69 Å². The Morgan fingerprint density at radius 3 is 2.79 bits per heavy atom. The van der Waals surface area contributed by atoms with Gasteiger partial charge in [-0.3, -0.25) is 4.79 Å². The first-order valence-electron chi connectivity index (χ1n) is 6.83. The maximum atomic E-state index is 12.2. The molecule has 2 heterocycles. The molecule has 0 bridgehead atoms. The summed E-state index contributed by atoms with van der Waals surface area (Å²) in [5, 5.41) is 10.4. The second-order valence-electron chi connectivity index (χ2n) is 5.89. The second kappa shape index (κ2) is 5.96. The number of nitrogens with one attached hydrogen (secondary N) is 2. The average molecular weight is 282 g/mol. The van der Waals surface area contributed by atoms with Crippen molar-refractivity contribution in [3.05, 3.63) is 10.6 Å². The van der Waals surface area contributed by atoms with Gasteiger partial charge in [-0.25, -0.2) is 0 Å². The van der Waals surface area contributed by atoms with E-state index in [1.54, 1.807) is 0 Å². The van der Waals surface area contributed by atoms with Crippen molar-refractivity contribution in [1.82, 2.24) is 20.2 Å². The zero-order valence-corrected chi connectivity index (χ0v) is 12.6. The smallest absolute Gasteiger partial charge is 0.264 e. The summed E-state index contributed by atoms with van der Waals surface area (Å²) in [6.45, 7) is 9.09. The number of aromatic nitrogens is 2. The van der Waals surface area contributed by atoms with Crippen molar-refractivity contribution in [2.45, 2.75) is 39.5 Å². The minimum Gasteiger partial charge on any atom is -0.351 e. The molecule has 5 nitrogen and oxygen atoms in total. The Morgan fingerprint density at radius 2 is 2.16 bits per heavy atom. The lowest BCUT2D eigenvalue weighted by atomic mass is 9.81. The molecule has 1 amide bonds. The van der Waals surface area contributed by atoms with E-state index >= 15 is 0 Å². The summed E-state index contributed by atoms with van der Waals surface area (Å²) in [7, 11) is 0. The fourth-order valence-corrected chi connectivity index (χ4v) is 3.05. The van der Waals surface area contributed by atoms with Gasteiger partial charge in [0.1, 0.15) is 4.88 Å². The van der Waals surface area contributed by atoms with Crippen molar-refractivity contribution in [3.8, 4) is 0 Å². The summed E-state index contributed by atoms with van der Waals surface area (Å²) >= 11 is 1.19. The van der Waals surface area contributed by atoms with E-state index in [9.17, 15) is 4.79 Å². The van der Waals surface area contributed by atoms with E-state index in [-0.39, 0.29) is 17.2 Å². The first kappa shape index (κ1) is 14.4. The minimum absolute atomic E-state index is 0.0292. The molecule has 1 aromatic rings. The summed E-state index contributed by atoms with van der Waals surface area (Å²) in [5.74, 6) is 0.201. The van der Waals surface area contributed by atoms with Gasteiger partial charge >= 0.3 is 0 Å². The zero-order chi connectivity index (χ0) is 13.9. The van der Waals surface area contributed by atoms with Gasteiger partial charge in [0.25, 0.3) is 5.91 Å². The zero-order valence-electron chi connectivity index (χ0n) is 11.8. The summed E-state index contributed by atoms with van der Waals surface area (Å²) < 4.78 is 3.90. The van der Waals surface area contributed by atoms with Crippen LogP contribution in [0.15, 0.2) is 0 Å². The maximum Gasteiger partial charge on any atom is 0.264 e. The molecule has 6 heteroatoms. The third-order valence-electron chi connectivity index (χ3n) is 3.75. The van der Waals surface area contributed by atoms with Crippen molar-refractivity contribution >= 4 is 17.4 Å². The molecule has 1 aromatic heterocycles. The van der Waals surface area contributed by atoms with Crippen LogP contribution in [0.3, 0.4) is 0 Å². The summed E-state index contributed by atoms with van der Waals surface area (Å²) in [4.78, 5) is 12.9. The lowest BCUT2D eigenvalue weighted by molar-refractivity contribution is 0.0925. The molecule has 1 fully saturated rings. The van der Waals surface area contributed by atoms with Crippen LogP contribution >= 0.6 is 11.5 Å². The third-order valence-corrected chi connectivity index (χ3v) is 4.49. The van der Waals surface area contributed by atoms with Crippen LogP contribution in [0.25, 0.3) is 0 Å². The predicted molar refractivity (Wildman–Crippen MR) is 76.5 cm³/mol. The van der Waals surface area contributed by atoms with Crippen molar-refractivity contribution in [1.29, 1.82) is 0 Å². The number of hydrogen-bond donors (Lipinski definition) is 2. The molecule has 0 spiro atoms. The van der Waals surface area contributed by atoms with Crippen molar-refractivity contribution in [2.24, 2.45) is 5.41 Å². The van der Waals surface area contributed by atoms with Crippen LogP contribution in [0, 0.1) is 5.41 Å². The van der Waals surface area contributed by atoms with E-state index in [1.807, 2.05) is 13.8 Å². The average Bonchev–Trinajstić information content (AvgIpc) is 2.86. The molecule has 1 aliphatic heterocycles. The van der Waals surface area contributed by atoms with Crippen LogP contribution in [0.5, 0.6) is 0 Å². The molecule has 0 unspecified atom stereocenters. The van der Waals surface area contributed by atoms with Crippen LogP contribution in [-0.2, 0) is 0 Å². The van der Waals surface area contributed by atoms with E-state index in [4.69, 9.17) is 0 Å². The van der Waals surface area contributed by atoms with Crippen LogP contribution in [-0.4, -0.2) is 35.1 Å². The van der Waals surface area contributed by atoms with Gasteiger partial charge in [0.2, 0.25) is 0 Å². The number of nitrogens with zero attached hydrogens (tertiary/aromatic N) is 2. The molecule has 19 heavy (non-hydrogen) atoms. The number of hydrogen-bond acceptors (Lipinski definition) is 5.